The van der Waals surface area contributed by atoms with Crippen LogP contribution in [0.3, 0.4) is 0 Å². The predicted molar refractivity (Wildman–Crippen MR) is 84.9 cm³/mol. The van der Waals surface area contributed by atoms with Gasteiger partial charge in [-0.25, -0.2) is 4.98 Å². The van der Waals surface area contributed by atoms with E-state index in [0.29, 0.717) is 5.82 Å². The van der Waals surface area contributed by atoms with Crippen molar-refractivity contribution in [1.29, 1.82) is 0 Å². The van der Waals surface area contributed by atoms with Gasteiger partial charge in [0.15, 0.2) is 5.82 Å². The van der Waals surface area contributed by atoms with Crippen LogP contribution in [0.5, 0.6) is 0 Å². The zero-order valence-electron chi connectivity index (χ0n) is 10.4. The average molecular weight is 421 g/mol. The summed E-state index contributed by atoms with van der Waals surface area (Å²) in [5, 5.41) is 4.59. The fraction of sp³-hybridized carbons (Fsp3) is 0.333. The third-order valence-electron chi connectivity index (χ3n) is 2.50. The maximum absolute atomic E-state index is 6.11. The quantitative estimate of drug-likeness (QED) is 0.718. The van der Waals surface area contributed by atoms with Crippen LogP contribution in [0.15, 0.2) is 22.8 Å². The number of hydrogen-bond acceptors (Lipinski definition) is 3. The molecule has 2 heterocycles. The van der Waals surface area contributed by atoms with Crippen molar-refractivity contribution in [2.75, 3.05) is 5.73 Å². The topological polar surface area (TPSA) is 56.7 Å². The van der Waals surface area contributed by atoms with E-state index in [1.54, 1.807) is 10.9 Å². The number of nitrogen functional groups attached to an aromatic ring is 1. The molecule has 0 saturated heterocycles. The van der Waals surface area contributed by atoms with Crippen molar-refractivity contribution in [2.24, 2.45) is 0 Å². The summed E-state index contributed by atoms with van der Waals surface area (Å²) in [7, 11) is 0. The zero-order chi connectivity index (χ0) is 13.5. The number of nitrogens with zero attached hydrogens (tertiary/aromatic N) is 3. The lowest BCUT2D eigenvalue weighted by Crippen LogP contribution is -2.14. The van der Waals surface area contributed by atoms with Gasteiger partial charge in [0, 0.05) is 16.1 Å². The summed E-state index contributed by atoms with van der Waals surface area (Å²) in [4.78, 5) is 4.32. The first-order valence-corrected chi connectivity index (χ1v) is 7.34. The van der Waals surface area contributed by atoms with Gasteiger partial charge in [0.2, 0.25) is 0 Å². The first-order chi connectivity index (χ1) is 8.30. The summed E-state index contributed by atoms with van der Waals surface area (Å²) in [6, 6.07) is 3.81. The molecule has 18 heavy (non-hydrogen) atoms. The Morgan fingerprint density at radius 2 is 2.00 bits per heavy atom. The fourth-order valence-corrected chi connectivity index (χ4v) is 2.94. The minimum Gasteiger partial charge on any atom is -0.383 e. The predicted octanol–water partition coefficient (Wildman–Crippen LogP) is 3.51. The van der Waals surface area contributed by atoms with Gasteiger partial charge in [0.1, 0.15) is 5.82 Å². The molecule has 0 unspecified atom stereocenters. The molecule has 6 heteroatoms. The maximum Gasteiger partial charge on any atom is 0.155 e. The van der Waals surface area contributed by atoms with Crippen LogP contribution in [0.4, 0.5) is 5.82 Å². The second-order valence-electron chi connectivity index (χ2n) is 5.04. The molecule has 2 aromatic rings. The Hall–Kier alpha value is -0.630. The number of halogens is 2. The molecule has 0 fully saturated rings. The van der Waals surface area contributed by atoms with Crippen molar-refractivity contribution < 1.29 is 0 Å². The highest BCUT2D eigenvalue weighted by Crippen LogP contribution is 2.30. The molecule has 0 atom stereocenters. The molecule has 2 N–H and O–H groups in total. The molecule has 0 aliphatic rings. The normalized spacial score (nSPS) is 11.8. The van der Waals surface area contributed by atoms with Crippen LogP contribution in [-0.2, 0) is 5.41 Å². The van der Waals surface area contributed by atoms with Crippen LogP contribution < -0.4 is 5.73 Å². The highest BCUT2D eigenvalue weighted by Gasteiger charge is 2.25. The largest absolute Gasteiger partial charge is 0.383 e. The highest BCUT2D eigenvalue weighted by molar-refractivity contribution is 14.1. The van der Waals surface area contributed by atoms with Gasteiger partial charge in [0.05, 0.1) is 9.26 Å². The molecular weight excluding hydrogens is 407 g/mol. The van der Waals surface area contributed by atoms with Crippen molar-refractivity contribution in [3.63, 3.8) is 0 Å². The van der Waals surface area contributed by atoms with Gasteiger partial charge in [-0.3, -0.25) is 0 Å². The van der Waals surface area contributed by atoms with Gasteiger partial charge in [-0.1, -0.05) is 20.8 Å². The smallest absolute Gasteiger partial charge is 0.155 e. The van der Waals surface area contributed by atoms with Crippen molar-refractivity contribution in [1.82, 2.24) is 14.8 Å². The van der Waals surface area contributed by atoms with Gasteiger partial charge in [0.25, 0.3) is 0 Å². The second-order valence-corrected chi connectivity index (χ2v) is 7.04. The Balaban J connectivity index is 2.56. The van der Waals surface area contributed by atoms with Gasteiger partial charge in [-0.2, -0.15) is 9.78 Å². The summed E-state index contributed by atoms with van der Waals surface area (Å²) >= 11 is 5.60. The summed E-state index contributed by atoms with van der Waals surface area (Å²) in [6.45, 7) is 6.36. The number of anilines is 1. The van der Waals surface area contributed by atoms with Crippen molar-refractivity contribution in [2.45, 2.75) is 26.2 Å². The number of pyridine rings is 1. The van der Waals surface area contributed by atoms with Crippen LogP contribution in [-0.4, -0.2) is 14.8 Å². The van der Waals surface area contributed by atoms with E-state index in [0.717, 1.165) is 19.6 Å². The van der Waals surface area contributed by atoms with Crippen LogP contribution in [0.25, 0.3) is 5.82 Å². The van der Waals surface area contributed by atoms with Crippen molar-refractivity contribution >= 4 is 44.3 Å². The zero-order valence-corrected chi connectivity index (χ0v) is 14.2. The molecule has 2 aromatic heterocycles. The number of hydrogen-bond donors (Lipinski definition) is 1. The SMILES string of the molecule is CC(C)(C)c1nn(-c2ccc(Br)cn2)c(N)c1I. The summed E-state index contributed by atoms with van der Waals surface area (Å²) in [6.07, 6.45) is 1.74. The van der Waals surface area contributed by atoms with Crippen molar-refractivity contribution in [3.8, 4) is 5.82 Å². The lowest BCUT2D eigenvalue weighted by atomic mass is 9.92. The molecule has 0 amide bonds. The molecule has 0 aliphatic heterocycles. The first kappa shape index (κ1) is 13.8. The Kier molecular flexibility index (Phi) is 3.68. The van der Waals surface area contributed by atoms with E-state index < -0.39 is 0 Å². The Morgan fingerprint density at radius 3 is 2.44 bits per heavy atom. The van der Waals surface area contributed by atoms with Crippen LogP contribution in [0.2, 0.25) is 0 Å². The molecular formula is C12H14BrIN4. The van der Waals surface area contributed by atoms with E-state index in [4.69, 9.17) is 5.73 Å². The van der Waals surface area contributed by atoms with Crippen LogP contribution >= 0.6 is 38.5 Å². The Labute approximate surface area is 128 Å². The van der Waals surface area contributed by atoms with Crippen LogP contribution in [0.1, 0.15) is 26.5 Å². The van der Waals surface area contributed by atoms with Gasteiger partial charge >= 0.3 is 0 Å². The Morgan fingerprint density at radius 1 is 1.33 bits per heavy atom. The van der Waals surface area contributed by atoms with E-state index >= 15 is 0 Å². The monoisotopic (exact) mass is 420 g/mol. The standard InChI is InChI=1S/C12H14BrIN4/c1-12(2,3)10-9(14)11(15)18(17-10)8-5-4-7(13)6-16-8/h4-6H,15H2,1-3H3. The molecule has 0 bridgehead atoms. The lowest BCUT2D eigenvalue weighted by Gasteiger charge is -2.15. The third-order valence-corrected chi connectivity index (χ3v) is 4.03. The molecule has 2 rings (SSSR count). The molecule has 4 nitrogen and oxygen atoms in total. The molecule has 0 aliphatic carbocycles. The van der Waals surface area contributed by atoms with Gasteiger partial charge in [-0.15, -0.1) is 0 Å². The second kappa shape index (κ2) is 4.80. The molecule has 0 aromatic carbocycles. The first-order valence-electron chi connectivity index (χ1n) is 5.47. The van der Waals surface area contributed by atoms with Gasteiger partial charge < -0.3 is 5.73 Å². The minimum atomic E-state index is -0.0365. The summed E-state index contributed by atoms with van der Waals surface area (Å²) < 4.78 is 3.61. The summed E-state index contributed by atoms with van der Waals surface area (Å²) in [5.74, 6) is 1.36. The minimum absolute atomic E-state index is 0.0365. The number of rotatable bonds is 1. The van der Waals surface area contributed by atoms with Gasteiger partial charge in [-0.05, 0) is 50.7 Å². The Bertz CT molecular complexity index is 569. The molecule has 0 saturated carbocycles. The maximum atomic E-state index is 6.11. The van der Waals surface area contributed by atoms with E-state index in [-0.39, 0.29) is 5.41 Å². The molecule has 0 radical (unpaired) electrons. The van der Waals surface area contributed by atoms with Crippen molar-refractivity contribution in [3.05, 3.63) is 32.1 Å². The summed E-state index contributed by atoms with van der Waals surface area (Å²) in [5.41, 5.74) is 7.07. The average Bonchev–Trinajstić information content (AvgIpc) is 2.57. The number of nitrogens with two attached hydrogens (primary N) is 1. The molecule has 96 valence electrons. The van der Waals surface area contributed by atoms with E-state index in [1.165, 1.54) is 0 Å². The number of aromatic nitrogens is 3. The highest BCUT2D eigenvalue weighted by atomic mass is 127. The third kappa shape index (κ3) is 2.54. The van der Waals surface area contributed by atoms with E-state index in [9.17, 15) is 0 Å². The fourth-order valence-electron chi connectivity index (χ4n) is 1.56. The van der Waals surface area contributed by atoms with E-state index in [2.05, 4.69) is 69.4 Å². The lowest BCUT2D eigenvalue weighted by molar-refractivity contribution is 0.557. The van der Waals surface area contributed by atoms with E-state index in [1.807, 2.05) is 12.1 Å². The molecule has 0 spiro atoms. The van der Waals surface area contributed by atoms with Crippen LogP contribution in [0, 0.1) is 3.57 Å².